The number of para-hydroxylation sites is 1. The minimum atomic E-state index is -0.883. The molecule has 0 unspecified atom stereocenters. The van der Waals surface area contributed by atoms with Crippen LogP contribution < -0.4 is 0 Å². The van der Waals surface area contributed by atoms with Crippen molar-refractivity contribution in [2.75, 3.05) is 13.1 Å². The number of piperidine rings is 1. The van der Waals surface area contributed by atoms with Crippen LogP contribution in [0.3, 0.4) is 0 Å². The van der Waals surface area contributed by atoms with Crippen molar-refractivity contribution < 1.29 is 9.90 Å². The number of fused-ring (bicyclic) bond motifs is 1. The second kappa shape index (κ2) is 7.20. The Morgan fingerprint density at radius 3 is 2.41 bits per heavy atom. The fourth-order valence-corrected chi connectivity index (χ4v) is 4.62. The van der Waals surface area contributed by atoms with Crippen LogP contribution >= 0.6 is 0 Å². The molecule has 0 bridgehead atoms. The number of aromatic nitrogens is 1. The molecule has 1 fully saturated rings. The molecule has 1 aromatic heterocycles. The molecule has 1 saturated heterocycles. The van der Waals surface area contributed by atoms with Gasteiger partial charge in [0.2, 0.25) is 0 Å². The zero-order valence-corrected chi connectivity index (χ0v) is 16.0. The fourth-order valence-electron chi connectivity index (χ4n) is 4.62. The van der Waals surface area contributed by atoms with E-state index in [1.165, 1.54) is 16.7 Å². The van der Waals surface area contributed by atoms with E-state index in [0.29, 0.717) is 18.2 Å². The zero-order valence-electron chi connectivity index (χ0n) is 16.0. The van der Waals surface area contributed by atoms with Crippen LogP contribution in [0.5, 0.6) is 0 Å². The summed E-state index contributed by atoms with van der Waals surface area (Å²) in [6.45, 7) is 7.10. The van der Waals surface area contributed by atoms with Crippen LogP contribution in [0.4, 0.5) is 0 Å². The maximum atomic E-state index is 11.7. The number of aryl methyl sites for hydroxylation is 2. The SMILES string of the molecule is Cc1cccc(C)c1C1CCN(Cc2c(C(=O)O)[nH]c3ccccc23)CC1. The van der Waals surface area contributed by atoms with Crippen molar-refractivity contribution in [1.82, 2.24) is 9.88 Å². The molecule has 0 atom stereocenters. The molecule has 140 valence electrons. The molecule has 27 heavy (non-hydrogen) atoms. The van der Waals surface area contributed by atoms with Gasteiger partial charge in [0.15, 0.2) is 0 Å². The van der Waals surface area contributed by atoms with Gasteiger partial charge in [-0.1, -0.05) is 36.4 Å². The molecule has 2 N–H and O–H groups in total. The van der Waals surface area contributed by atoms with Crippen LogP contribution in [0.2, 0.25) is 0 Å². The van der Waals surface area contributed by atoms with Crippen molar-refractivity contribution in [3.63, 3.8) is 0 Å². The number of carboxylic acid groups (broad SMARTS) is 1. The largest absolute Gasteiger partial charge is 0.477 e. The Bertz CT molecular complexity index is 961. The van der Waals surface area contributed by atoms with Gasteiger partial charge >= 0.3 is 5.97 Å². The van der Waals surface area contributed by atoms with E-state index in [4.69, 9.17) is 0 Å². The van der Waals surface area contributed by atoms with Gasteiger partial charge in [0, 0.05) is 23.0 Å². The molecule has 0 saturated carbocycles. The minimum Gasteiger partial charge on any atom is -0.477 e. The Morgan fingerprint density at radius 1 is 1.07 bits per heavy atom. The van der Waals surface area contributed by atoms with Crippen LogP contribution in [0.1, 0.15) is 51.5 Å². The molecule has 0 amide bonds. The Hall–Kier alpha value is -2.59. The van der Waals surface area contributed by atoms with E-state index < -0.39 is 5.97 Å². The number of aromatic amines is 1. The highest BCUT2D eigenvalue weighted by Crippen LogP contribution is 2.33. The third kappa shape index (κ3) is 3.37. The predicted octanol–water partition coefficient (Wildman–Crippen LogP) is 4.86. The maximum absolute atomic E-state index is 11.7. The second-order valence-electron chi connectivity index (χ2n) is 7.69. The van der Waals surface area contributed by atoms with E-state index in [1.54, 1.807) is 0 Å². The van der Waals surface area contributed by atoms with E-state index >= 15 is 0 Å². The number of hydrogen-bond donors (Lipinski definition) is 2. The Labute approximate surface area is 159 Å². The van der Waals surface area contributed by atoms with Crippen LogP contribution in [0, 0.1) is 13.8 Å². The van der Waals surface area contributed by atoms with Gasteiger partial charge in [0.1, 0.15) is 5.69 Å². The number of H-pyrrole nitrogens is 1. The standard InChI is InChI=1S/C23H26N2O2/c1-15-6-5-7-16(2)21(15)17-10-12-25(13-11-17)14-19-18-8-3-4-9-20(18)24-22(19)23(26)27/h3-9,17,24H,10-14H2,1-2H3,(H,26,27). The highest BCUT2D eigenvalue weighted by molar-refractivity contribution is 5.97. The fraction of sp³-hybridized carbons (Fsp3) is 0.348. The number of carbonyl (C=O) groups is 1. The van der Waals surface area contributed by atoms with E-state index in [1.807, 2.05) is 24.3 Å². The zero-order chi connectivity index (χ0) is 19.0. The first-order valence-electron chi connectivity index (χ1n) is 9.66. The summed E-state index contributed by atoms with van der Waals surface area (Å²) in [5, 5.41) is 10.6. The summed E-state index contributed by atoms with van der Waals surface area (Å²) in [6, 6.07) is 14.4. The Kier molecular flexibility index (Phi) is 4.75. The van der Waals surface area contributed by atoms with Crippen LogP contribution in [0.15, 0.2) is 42.5 Å². The number of nitrogens with zero attached hydrogens (tertiary/aromatic N) is 1. The number of likely N-dealkylation sites (tertiary alicyclic amines) is 1. The summed E-state index contributed by atoms with van der Waals surface area (Å²) in [7, 11) is 0. The molecule has 1 aliphatic heterocycles. The highest BCUT2D eigenvalue weighted by atomic mass is 16.4. The molecule has 2 aromatic carbocycles. The van der Waals surface area contributed by atoms with Gasteiger partial charge in [-0.15, -0.1) is 0 Å². The number of hydrogen-bond acceptors (Lipinski definition) is 2. The average molecular weight is 362 g/mol. The number of nitrogens with one attached hydrogen (secondary N) is 1. The van der Waals surface area contributed by atoms with Crippen molar-refractivity contribution in [3.8, 4) is 0 Å². The average Bonchev–Trinajstić information content (AvgIpc) is 3.02. The summed E-state index contributed by atoms with van der Waals surface area (Å²) in [5.74, 6) is -0.281. The summed E-state index contributed by atoms with van der Waals surface area (Å²) < 4.78 is 0. The Morgan fingerprint density at radius 2 is 1.74 bits per heavy atom. The van der Waals surface area contributed by atoms with Crippen molar-refractivity contribution in [2.45, 2.75) is 39.2 Å². The molecule has 0 spiro atoms. The van der Waals surface area contributed by atoms with Gasteiger partial charge in [-0.25, -0.2) is 4.79 Å². The van der Waals surface area contributed by atoms with Gasteiger partial charge in [0.25, 0.3) is 0 Å². The molecule has 2 heterocycles. The highest BCUT2D eigenvalue weighted by Gasteiger charge is 2.25. The molecule has 1 aliphatic rings. The number of aromatic carboxylic acids is 1. The van der Waals surface area contributed by atoms with Crippen LogP contribution in [-0.2, 0) is 6.54 Å². The maximum Gasteiger partial charge on any atom is 0.352 e. The normalized spacial score (nSPS) is 16.1. The van der Waals surface area contributed by atoms with Crippen LogP contribution in [-0.4, -0.2) is 34.0 Å². The van der Waals surface area contributed by atoms with Gasteiger partial charge in [0.05, 0.1) is 0 Å². The van der Waals surface area contributed by atoms with E-state index in [9.17, 15) is 9.90 Å². The molecule has 4 heteroatoms. The van der Waals surface area contributed by atoms with Crippen molar-refractivity contribution in [3.05, 3.63) is 70.4 Å². The summed E-state index contributed by atoms with van der Waals surface area (Å²) in [4.78, 5) is 17.2. The monoisotopic (exact) mass is 362 g/mol. The molecule has 3 aromatic rings. The first kappa shape index (κ1) is 17.8. The third-order valence-electron chi connectivity index (χ3n) is 5.95. The van der Waals surface area contributed by atoms with E-state index in [-0.39, 0.29) is 0 Å². The topological polar surface area (TPSA) is 56.3 Å². The lowest BCUT2D eigenvalue weighted by molar-refractivity contribution is 0.0688. The molecule has 4 nitrogen and oxygen atoms in total. The van der Waals surface area contributed by atoms with E-state index in [2.05, 4.69) is 41.9 Å². The quantitative estimate of drug-likeness (QED) is 0.697. The van der Waals surface area contributed by atoms with Crippen molar-refractivity contribution in [2.24, 2.45) is 0 Å². The molecular formula is C23H26N2O2. The number of carboxylic acids is 1. The second-order valence-corrected chi connectivity index (χ2v) is 7.69. The Balaban J connectivity index is 1.53. The lowest BCUT2D eigenvalue weighted by Crippen LogP contribution is -2.33. The third-order valence-corrected chi connectivity index (χ3v) is 5.95. The summed E-state index contributed by atoms with van der Waals surface area (Å²) in [5.41, 5.74) is 6.42. The summed E-state index contributed by atoms with van der Waals surface area (Å²) >= 11 is 0. The molecular weight excluding hydrogens is 336 g/mol. The lowest BCUT2D eigenvalue weighted by atomic mass is 9.84. The molecule has 0 aliphatic carbocycles. The van der Waals surface area contributed by atoms with Gasteiger partial charge in [-0.05, 0) is 68.5 Å². The van der Waals surface area contributed by atoms with Crippen LogP contribution in [0.25, 0.3) is 10.9 Å². The smallest absolute Gasteiger partial charge is 0.352 e. The molecule has 0 radical (unpaired) electrons. The van der Waals surface area contributed by atoms with Gasteiger partial charge in [-0.3, -0.25) is 4.90 Å². The molecule has 4 rings (SSSR count). The van der Waals surface area contributed by atoms with Gasteiger partial charge in [-0.2, -0.15) is 0 Å². The number of rotatable bonds is 4. The summed E-state index contributed by atoms with van der Waals surface area (Å²) in [6.07, 6.45) is 2.24. The number of benzene rings is 2. The van der Waals surface area contributed by atoms with Gasteiger partial charge < -0.3 is 10.1 Å². The minimum absolute atomic E-state index is 0.327. The van der Waals surface area contributed by atoms with Crippen molar-refractivity contribution in [1.29, 1.82) is 0 Å². The van der Waals surface area contributed by atoms with Crippen molar-refractivity contribution >= 4 is 16.9 Å². The first-order valence-corrected chi connectivity index (χ1v) is 9.66. The first-order chi connectivity index (χ1) is 13.0. The lowest BCUT2D eigenvalue weighted by Gasteiger charge is -2.33. The van der Waals surface area contributed by atoms with E-state index in [0.717, 1.165) is 42.4 Å². The predicted molar refractivity (Wildman–Crippen MR) is 108 cm³/mol.